The first-order chi connectivity index (χ1) is 5.40. The molecule has 0 fully saturated rings. The Morgan fingerprint density at radius 3 is 2.08 bits per heavy atom. The van der Waals surface area contributed by atoms with E-state index in [4.69, 9.17) is 0 Å². The summed E-state index contributed by atoms with van der Waals surface area (Å²) in [5, 5.41) is 9.62. The second kappa shape index (κ2) is 4.83. The molecule has 1 N–H and O–H groups in total. The fourth-order valence-electron chi connectivity index (χ4n) is 1.33. The lowest BCUT2D eigenvalue weighted by atomic mass is 10.1. The minimum Gasteiger partial charge on any atom is -0.389 e. The molecule has 1 unspecified atom stereocenters. The number of nitrogens with zero attached hydrogens (tertiary/aromatic N) is 1. The molecule has 0 aliphatic rings. The van der Waals surface area contributed by atoms with Crippen molar-refractivity contribution < 1.29 is 5.11 Å². The van der Waals surface area contributed by atoms with Gasteiger partial charge >= 0.3 is 0 Å². The number of rotatable bonds is 5. The van der Waals surface area contributed by atoms with Crippen molar-refractivity contribution >= 4 is 0 Å². The zero-order valence-electron chi connectivity index (χ0n) is 9.09. The summed E-state index contributed by atoms with van der Waals surface area (Å²) in [5.41, 5.74) is -0.570. The van der Waals surface area contributed by atoms with Crippen molar-refractivity contribution in [2.24, 2.45) is 0 Å². The predicted molar refractivity (Wildman–Crippen MR) is 53.3 cm³/mol. The van der Waals surface area contributed by atoms with Gasteiger partial charge in [-0.1, -0.05) is 13.8 Å². The van der Waals surface area contributed by atoms with E-state index >= 15 is 0 Å². The molecular weight excluding hydrogens is 150 g/mol. The van der Waals surface area contributed by atoms with Crippen LogP contribution in [0.4, 0.5) is 0 Å². The molecule has 1 atom stereocenters. The number of hydrogen-bond acceptors (Lipinski definition) is 2. The molecule has 0 aromatic rings. The Morgan fingerprint density at radius 2 is 1.83 bits per heavy atom. The van der Waals surface area contributed by atoms with E-state index in [0.29, 0.717) is 6.04 Å². The molecule has 2 nitrogen and oxygen atoms in total. The number of likely N-dealkylation sites (N-methyl/N-ethyl adjacent to an activating group) is 1. The SMILES string of the molecule is CCC(C)N(CC)CC(C)(C)O. The third-order valence-electron chi connectivity index (χ3n) is 2.21. The molecule has 0 aromatic heterocycles. The van der Waals surface area contributed by atoms with Crippen LogP contribution in [-0.2, 0) is 0 Å². The highest BCUT2D eigenvalue weighted by molar-refractivity contribution is 4.74. The molecule has 12 heavy (non-hydrogen) atoms. The maximum Gasteiger partial charge on any atom is 0.0718 e. The molecule has 0 aliphatic heterocycles. The Hall–Kier alpha value is -0.0800. The van der Waals surface area contributed by atoms with Gasteiger partial charge in [0.15, 0.2) is 0 Å². The van der Waals surface area contributed by atoms with Gasteiger partial charge in [-0.15, -0.1) is 0 Å². The van der Waals surface area contributed by atoms with Gasteiger partial charge in [0.1, 0.15) is 0 Å². The highest BCUT2D eigenvalue weighted by Gasteiger charge is 2.19. The highest BCUT2D eigenvalue weighted by Crippen LogP contribution is 2.09. The zero-order valence-corrected chi connectivity index (χ0v) is 9.09. The fourth-order valence-corrected chi connectivity index (χ4v) is 1.33. The van der Waals surface area contributed by atoms with Crippen LogP contribution in [0.15, 0.2) is 0 Å². The van der Waals surface area contributed by atoms with E-state index in [0.717, 1.165) is 19.5 Å². The first-order valence-corrected chi connectivity index (χ1v) is 4.87. The van der Waals surface area contributed by atoms with Crippen LogP contribution < -0.4 is 0 Å². The van der Waals surface area contributed by atoms with Crippen LogP contribution >= 0.6 is 0 Å². The van der Waals surface area contributed by atoms with Gasteiger partial charge in [0.2, 0.25) is 0 Å². The highest BCUT2D eigenvalue weighted by atomic mass is 16.3. The van der Waals surface area contributed by atoms with Crippen LogP contribution in [0.2, 0.25) is 0 Å². The molecule has 2 heteroatoms. The largest absolute Gasteiger partial charge is 0.389 e. The first kappa shape index (κ1) is 11.9. The Balaban J connectivity index is 3.99. The normalized spacial score (nSPS) is 15.2. The van der Waals surface area contributed by atoms with E-state index in [1.807, 2.05) is 13.8 Å². The number of aliphatic hydroxyl groups is 1. The molecule has 0 saturated heterocycles. The summed E-state index contributed by atoms with van der Waals surface area (Å²) in [5.74, 6) is 0. The second-order valence-electron chi connectivity index (χ2n) is 4.13. The summed E-state index contributed by atoms with van der Waals surface area (Å²) in [4.78, 5) is 2.31. The summed E-state index contributed by atoms with van der Waals surface area (Å²) in [7, 11) is 0. The topological polar surface area (TPSA) is 23.5 Å². The molecule has 0 aliphatic carbocycles. The van der Waals surface area contributed by atoms with Crippen LogP contribution in [0, 0.1) is 0 Å². The van der Waals surface area contributed by atoms with Gasteiger partial charge in [-0.05, 0) is 33.7 Å². The summed E-state index contributed by atoms with van der Waals surface area (Å²) in [6.07, 6.45) is 1.14. The molecule has 0 bridgehead atoms. The molecule has 0 amide bonds. The lowest BCUT2D eigenvalue weighted by molar-refractivity contribution is 0.0247. The van der Waals surface area contributed by atoms with E-state index in [1.54, 1.807) is 0 Å². The van der Waals surface area contributed by atoms with Crippen LogP contribution in [0.3, 0.4) is 0 Å². The summed E-state index contributed by atoms with van der Waals surface area (Å²) < 4.78 is 0. The van der Waals surface area contributed by atoms with Gasteiger partial charge in [0.25, 0.3) is 0 Å². The van der Waals surface area contributed by atoms with E-state index in [1.165, 1.54) is 0 Å². The fraction of sp³-hybridized carbons (Fsp3) is 1.00. The van der Waals surface area contributed by atoms with E-state index in [9.17, 15) is 5.11 Å². The van der Waals surface area contributed by atoms with Gasteiger partial charge in [-0.3, -0.25) is 4.90 Å². The third kappa shape index (κ3) is 4.73. The maximum absolute atomic E-state index is 9.62. The Kier molecular flexibility index (Phi) is 4.80. The van der Waals surface area contributed by atoms with Crippen LogP contribution in [0.5, 0.6) is 0 Å². The molecule has 0 rings (SSSR count). The second-order valence-corrected chi connectivity index (χ2v) is 4.13. The van der Waals surface area contributed by atoms with Crippen molar-refractivity contribution in [3.63, 3.8) is 0 Å². The smallest absolute Gasteiger partial charge is 0.0718 e. The predicted octanol–water partition coefficient (Wildman–Crippen LogP) is 1.88. The van der Waals surface area contributed by atoms with Gasteiger partial charge in [0.05, 0.1) is 5.60 Å². The minimum atomic E-state index is -0.570. The zero-order chi connectivity index (χ0) is 9.78. The van der Waals surface area contributed by atoms with Crippen LogP contribution in [0.1, 0.15) is 41.0 Å². The van der Waals surface area contributed by atoms with Gasteiger partial charge in [0, 0.05) is 12.6 Å². The van der Waals surface area contributed by atoms with Gasteiger partial charge < -0.3 is 5.11 Å². The average molecular weight is 173 g/mol. The monoisotopic (exact) mass is 173 g/mol. The van der Waals surface area contributed by atoms with Crippen molar-refractivity contribution in [1.82, 2.24) is 4.90 Å². The van der Waals surface area contributed by atoms with E-state index in [-0.39, 0.29) is 0 Å². The molecule has 74 valence electrons. The first-order valence-electron chi connectivity index (χ1n) is 4.87. The van der Waals surface area contributed by atoms with Gasteiger partial charge in [-0.25, -0.2) is 0 Å². The van der Waals surface area contributed by atoms with Crippen LogP contribution in [0.25, 0.3) is 0 Å². The minimum absolute atomic E-state index is 0.570. The average Bonchev–Trinajstić information content (AvgIpc) is 1.97. The van der Waals surface area contributed by atoms with Crippen molar-refractivity contribution in [3.8, 4) is 0 Å². The number of hydrogen-bond donors (Lipinski definition) is 1. The Labute approximate surface area is 76.6 Å². The van der Waals surface area contributed by atoms with E-state index < -0.39 is 5.60 Å². The lowest BCUT2D eigenvalue weighted by Crippen LogP contribution is -2.43. The van der Waals surface area contributed by atoms with Crippen molar-refractivity contribution in [2.45, 2.75) is 52.7 Å². The Morgan fingerprint density at radius 1 is 1.33 bits per heavy atom. The molecular formula is C10H23NO. The molecule has 0 aromatic carbocycles. The molecule has 0 saturated carbocycles. The van der Waals surface area contributed by atoms with Crippen LogP contribution in [-0.4, -0.2) is 34.7 Å². The van der Waals surface area contributed by atoms with Gasteiger partial charge in [-0.2, -0.15) is 0 Å². The van der Waals surface area contributed by atoms with Crippen molar-refractivity contribution in [3.05, 3.63) is 0 Å². The molecule has 0 radical (unpaired) electrons. The molecule has 0 heterocycles. The van der Waals surface area contributed by atoms with E-state index in [2.05, 4.69) is 25.7 Å². The summed E-state index contributed by atoms with van der Waals surface area (Å²) >= 11 is 0. The standard InChI is InChI=1S/C10H23NO/c1-6-9(3)11(7-2)8-10(4,5)12/h9,12H,6-8H2,1-5H3. The lowest BCUT2D eigenvalue weighted by Gasteiger charge is -2.32. The summed E-state index contributed by atoms with van der Waals surface area (Å²) in [6.45, 7) is 12.0. The molecule has 0 spiro atoms. The maximum atomic E-state index is 9.62. The van der Waals surface area contributed by atoms with Crippen molar-refractivity contribution in [2.75, 3.05) is 13.1 Å². The third-order valence-corrected chi connectivity index (χ3v) is 2.21. The van der Waals surface area contributed by atoms with Crippen molar-refractivity contribution in [1.29, 1.82) is 0 Å². The Bertz CT molecular complexity index is 117. The quantitative estimate of drug-likeness (QED) is 0.686. The summed E-state index contributed by atoms with van der Waals surface area (Å²) in [6, 6.07) is 0.571.